The molecule has 1 aliphatic heterocycles. The summed E-state index contributed by atoms with van der Waals surface area (Å²) < 4.78 is 1.08. The van der Waals surface area contributed by atoms with E-state index in [-0.39, 0.29) is 11.8 Å². The van der Waals surface area contributed by atoms with Crippen LogP contribution in [0.4, 0.5) is 0 Å². The van der Waals surface area contributed by atoms with E-state index in [1.54, 1.807) is 6.21 Å². The molecular formula is C12H14BIN2O2. The Morgan fingerprint density at radius 3 is 3.00 bits per heavy atom. The second-order valence-electron chi connectivity index (χ2n) is 4.38. The summed E-state index contributed by atoms with van der Waals surface area (Å²) >= 11 is 2.20. The zero-order valence-electron chi connectivity index (χ0n) is 10.3. The monoisotopic (exact) mass is 356 g/mol. The van der Waals surface area contributed by atoms with Crippen molar-refractivity contribution in [3.63, 3.8) is 0 Å². The highest BCUT2D eigenvalue weighted by Gasteiger charge is 2.34. The van der Waals surface area contributed by atoms with Gasteiger partial charge in [-0.15, -0.1) is 0 Å². The molecule has 1 amide bonds. The average Bonchev–Trinajstić information content (AvgIpc) is 2.37. The third-order valence-corrected chi connectivity index (χ3v) is 3.81. The number of rotatable bonds is 2. The first-order chi connectivity index (χ1) is 8.54. The molecule has 1 aliphatic rings. The van der Waals surface area contributed by atoms with Crippen LogP contribution in [0.3, 0.4) is 0 Å². The van der Waals surface area contributed by atoms with Gasteiger partial charge in [0, 0.05) is 9.49 Å². The second kappa shape index (κ2) is 5.40. The van der Waals surface area contributed by atoms with Gasteiger partial charge in [0.2, 0.25) is 5.91 Å². The Balaban J connectivity index is 2.31. The van der Waals surface area contributed by atoms with Gasteiger partial charge in [0.05, 0.1) is 6.21 Å². The summed E-state index contributed by atoms with van der Waals surface area (Å²) in [6.45, 7) is 3.78. The first kappa shape index (κ1) is 13.5. The molecule has 6 heteroatoms. The van der Waals surface area contributed by atoms with Gasteiger partial charge in [0.15, 0.2) is 0 Å². The van der Waals surface area contributed by atoms with Crippen LogP contribution in [0.5, 0.6) is 0 Å². The van der Waals surface area contributed by atoms with Gasteiger partial charge in [-0.1, -0.05) is 19.9 Å². The molecule has 0 aromatic heterocycles. The molecule has 0 spiro atoms. The number of amides is 1. The molecule has 0 saturated carbocycles. The molecule has 94 valence electrons. The predicted molar refractivity (Wildman–Crippen MR) is 80.7 cm³/mol. The Morgan fingerprint density at radius 2 is 2.33 bits per heavy atom. The van der Waals surface area contributed by atoms with Gasteiger partial charge in [0.25, 0.3) is 0 Å². The third-order valence-electron chi connectivity index (χ3n) is 3.14. The number of carbonyl (C=O) groups is 1. The summed E-state index contributed by atoms with van der Waals surface area (Å²) in [5.41, 5.74) is 1.59. The smallest absolute Gasteiger partial charge is 0.427 e. The molecule has 1 aromatic carbocycles. The van der Waals surface area contributed by atoms with Crippen molar-refractivity contribution in [1.29, 1.82) is 0 Å². The zero-order chi connectivity index (χ0) is 13.3. The van der Waals surface area contributed by atoms with Crippen LogP contribution in [-0.2, 0) is 4.79 Å². The minimum Gasteiger partial charge on any atom is -0.427 e. The van der Waals surface area contributed by atoms with Crippen LogP contribution in [-0.4, -0.2) is 29.1 Å². The molecule has 0 radical (unpaired) electrons. The Morgan fingerprint density at radius 1 is 1.61 bits per heavy atom. The molecule has 0 fully saturated rings. The number of halogens is 1. The fourth-order valence-electron chi connectivity index (χ4n) is 1.79. The first-order valence-corrected chi connectivity index (χ1v) is 6.97. The molecule has 1 unspecified atom stereocenters. The van der Waals surface area contributed by atoms with E-state index in [4.69, 9.17) is 0 Å². The maximum absolute atomic E-state index is 12.1. The van der Waals surface area contributed by atoms with Gasteiger partial charge in [-0.2, -0.15) is 5.10 Å². The Kier molecular flexibility index (Phi) is 4.06. The van der Waals surface area contributed by atoms with Gasteiger partial charge in [-0.3, -0.25) is 4.79 Å². The van der Waals surface area contributed by atoms with Gasteiger partial charge in [-0.05, 0) is 52.2 Å². The normalized spacial score (nSPS) is 15.6. The lowest BCUT2D eigenvalue weighted by Gasteiger charge is -2.27. The standard InChI is InChI=1S/C12H14BIN2O2/c1-3-8(2)12(17)16-13(18)11-5-4-10(14)6-9(11)7-15-16/h4-8,18H,3H2,1-2H3. The lowest BCUT2D eigenvalue weighted by Crippen LogP contribution is -2.53. The van der Waals surface area contributed by atoms with Gasteiger partial charge < -0.3 is 5.02 Å². The van der Waals surface area contributed by atoms with E-state index in [0.717, 1.165) is 21.0 Å². The van der Waals surface area contributed by atoms with Crippen LogP contribution in [0.25, 0.3) is 0 Å². The second-order valence-corrected chi connectivity index (χ2v) is 5.63. The highest BCUT2D eigenvalue weighted by molar-refractivity contribution is 14.1. The van der Waals surface area contributed by atoms with Crippen LogP contribution in [0.15, 0.2) is 23.3 Å². The maximum atomic E-state index is 12.1. The van der Waals surface area contributed by atoms with E-state index in [0.29, 0.717) is 0 Å². The summed E-state index contributed by atoms with van der Waals surface area (Å²) in [7, 11) is -0.983. The van der Waals surface area contributed by atoms with E-state index < -0.39 is 7.05 Å². The number of hydrogen-bond donors (Lipinski definition) is 1. The number of carbonyl (C=O) groups excluding carboxylic acids is 1. The number of hydrazone groups is 1. The molecule has 0 bridgehead atoms. The fraction of sp³-hybridized carbons (Fsp3) is 0.333. The zero-order valence-corrected chi connectivity index (χ0v) is 12.5. The van der Waals surface area contributed by atoms with Crippen molar-refractivity contribution >= 4 is 47.2 Å². The highest BCUT2D eigenvalue weighted by atomic mass is 127. The SMILES string of the molecule is CCC(C)C(=O)N1N=Cc2cc(I)ccc2B1O. The predicted octanol–water partition coefficient (Wildman–Crippen LogP) is 1.20. The van der Waals surface area contributed by atoms with Gasteiger partial charge >= 0.3 is 7.05 Å². The summed E-state index contributed by atoms with van der Waals surface area (Å²) in [5.74, 6) is -0.285. The summed E-state index contributed by atoms with van der Waals surface area (Å²) in [4.78, 5) is 13.2. The minimum absolute atomic E-state index is 0.137. The van der Waals surface area contributed by atoms with Crippen molar-refractivity contribution in [2.24, 2.45) is 11.0 Å². The molecule has 2 rings (SSSR count). The Labute approximate surface area is 120 Å². The molecule has 1 atom stereocenters. The number of hydrogen-bond acceptors (Lipinski definition) is 3. The quantitative estimate of drug-likeness (QED) is 0.640. The number of fused-ring (bicyclic) bond motifs is 1. The molecule has 0 aliphatic carbocycles. The lowest BCUT2D eigenvalue weighted by atomic mass is 9.69. The van der Waals surface area contributed by atoms with E-state index in [1.807, 2.05) is 32.0 Å². The molecule has 1 heterocycles. The van der Waals surface area contributed by atoms with Crippen LogP contribution in [0.1, 0.15) is 25.8 Å². The van der Waals surface area contributed by atoms with Crippen molar-refractivity contribution in [2.75, 3.05) is 0 Å². The molecule has 1 N–H and O–H groups in total. The van der Waals surface area contributed by atoms with Gasteiger partial charge in [-0.25, -0.2) is 4.92 Å². The summed E-state index contributed by atoms with van der Waals surface area (Å²) in [6, 6.07) is 5.69. The number of nitrogens with zero attached hydrogens (tertiary/aromatic N) is 2. The van der Waals surface area contributed by atoms with E-state index in [9.17, 15) is 9.82 Å². The van der Waals surface area contributed by atoms with Crippen molar-refractivity contribution in [2.45, 2.75) is 20.3 Å². The number of benzene rings is 1. The van der Waals surface area contributed by atoms with Crippen molar-refractivity contribution < 1.29 is 9.82 Å². The maximum Gasteiger partial charge on any atom is 0.474 e. The topological polar surface area (TPSA) is 52.9 Å². The first-order valence-electron chi connectivity index (χ1n) is 5.89. The molecule has 4 nitrogen and oxygen atoms in total. The van der Waals surface area contributed by atoms with Crippen LogP contribution < -0.4 is 5.46 Å². The highest BCUT2D eigenvalue weighted by Crippen LogP contribution is 2.14. The lowest BCUT2D eigenvalue weighted by molar-refractivity contribution is -0.131. The van der Waals surface area contributed by atoms with E-state index in [2.05, 4.69) is 27.7 Å². The summed E-state index contributed by atoms with van der Waals surface area (Å²) in [6.07, 6.45) is 2.36. The van der Waals surface area contributed by atoms with Crippen LogP contribution >= 0.6 is 22.6 Å². The largest absolute Gasteiger partial charge is 0.474 e. The minimum atomic E-state index is -0.983. The molecule has 0 saturated heterocycles. The van der Waals surface area contributed by atoms with Gasteiger partial charge in [0.1, 0.15) is 0 Å². The molecular weight excluding hydrogens is 342 g/mol. The van der Waals surface area contributed by atoms with E-state index in [1.165, 1.54) is 4.92 Å². The van der Waals surface area contributed by atoms with Crippen LogP contribution in [0.2, 0.25) is 0 Å². The average molecular weight is 356 g/mol. The molecule has 1 aromatic rings. The van der Waals surface area contributed by atoms with Crippen molar-refractivity contribution in [1.82, 2.24) is 4.92 Å². The van der Waals surface area contributed by atoms with Crippen LogP contribution in [0, 0.1) is 9.49 Å². The van der Waals surface area contributed by atoms with E-state index >= 15 is 0 Å². The Hall–Kier alpha value is -0.885. The summed E-state index contributed by atoms with van der Waals surface area (Å²) in [5, 5.41) is 14.3. The van der Waals surface area contributed by atoms with Crippen molar-refractivity contribution in [3.8, 4) is 0 Å². The molecule has 18 heavy (non-hydrogen) atoms. The fourth-order valence-corrected chi connectivity index (χ4v) is 2.30. The Bertz CT molecular complexity index is 507. The van der Waals surface area contributed by atoms with Crippen molar-refractivity contribution in [3.05, 3.63) is 27.3 Å². The third kappa shape index (κ3) is 2.44.